The average molecular weight is 563 g/mol. The highest BCUT2D eigenvalue weighted by Crippen LogP contribution is 2.46. The summed E-state index contributed by atoms with van der Waals surface area (Å²) in [6, 6.07) is 16.6. The van der Waals surface area contributed by atoms with Crippen molar-refractivity contribution in [2.75, 3.05) is 18.6 Å². The summed E-state index contributed by atoms with van der Waals surface area (Å²) in [6.07, 6.45) is 1.88. The van der Waals surface area contributed by atoms with Crippen LogP contribution in [0.4, 0.5) is 5.13 Å². The molecule has 9 heteroatoms. The van der Waals surface area contributed by atoms with Crippen LogP contribution in [0.25, 0.3) is 16.0 Å². The zero-order valence-electron chi connectivity index (χ0n) is 21.7. The Hall–Kier alpha value is -3.88. The third-order valence-corrected chi connectivity index (χ3v) is 7.83. The smallest absolute Gasteiger partial charge is 0.301 e. The summed E-state index contributed by atoms with van der Waals surface area (Å²) < 4.78 is 12.4. The van der Waals surface area contributed by atoms with Gasteiger partial charge >= 0.3 is 5.91 Å². The van der Waals surface area contributed by atoms with Gasteiger partial charge < -0.3 is 14.6 Å². The van der Waals surface area contributed by atoms with E-state index >= 15 is 0 Å². The molecule has 0 aliphatic carbocycles. The molecule has 1 aromatic heterocycles. The monoisotopic (exact) mass is 562 g/mol. The van der Waals surface area contributed by atoms with Gasteiger partial charge in [0.1, 0.15) is 5.76 Å². The van der Waals surface area contributed by atoms with Crippen molar-refractivity contribution in [2.24, 2.45) is 0 Å². The molecule has 39 heavy (non-hydrogen) atoms. The van der Waals surface area contributed by atoms with E-state index < -0.39 is 17.7 Å². The minimum Gasteiger partial charge on any atom is -0.507 e. The van der Waals surface area contributed by atoms with Gasteiger partial charge in [-0.3, -0.25) is 14.5 Å². The standard InChI is InChI=1S/C30H27ClN2O5S/c1-4-5-14-38-22-13-9-19(16-23(22)37-3)26-25(27(34)18-7-10-20(31)11-8-18)28(35)29(36)33(26)30-32-21-12-6-17(2)15-24(21)39-30/h6-13,15-16,26,34H,4-5,14H2,1-3H3. The first-order valence-corrected chi connectivity index (χ1v) is 13.8. The van der Waals surface area contributed by atoms with Crippen LogP contribution in [0, 0.1) is 6.92 Å². The van der Waals surface area contributed by atoms with Crippen molar-refractivity contribution < 1.29 is 24.2 Å². The van der Waals surface area contributed by atoms with Gasteiger partial charge in [0, 0.05) is 10.6 Å². The third kappa shape index (κ3) is 5.10. The number of aliphatic hydroxyl groups is 1. The normalized spacial score (nSPS) is 16.7. The first-order valence-electron chi connectivity index (χ1n) is 12.6. The van der Waals surface area contributed by atoms with Gasteiger partial charge in [-0.1, -0.05) is 48.4 Å². The molecule has 5 rings (SSSR count). The van der Waals surface area contributed by atoms with E-state index in [2.05, 4.69) is 11.9 Å². The fourth-order valence-electron chi connectivity index (χ4n) is 4.53. The summed E-state index contributed by atoms with van der Waals surface area (Å²) >= 11 is 7.35. The van der Waals surface area contributed by atoms with Crippen molar-refractivity contribution in [3.63, 3.8) is 0 Å². The SMILES string of the molecule is CCCCOc1ccc(C2C(=C(O)c3ccc(Cl)cc3)C(=O)C(=O)N2c2nc3ccc(C)cc3s2)cc1OC. The molecule has 1 aliphatic rings. The Bertz CT molecular complexity index is 1590. The largest absolute Gasteiger partial charge is 0.507 e. The molecule has 0 radical (unpaired) electrons. The molecule has 1 N–H and O–H groups in total. The highest BCUT2D eigenvalue weighted by atomic mass is 35.5. The Labute approximate surface area is 235 Å². The number of aryl methyl sites for hydroxylation is 1. The van der Waals surface area contributed by atoms with E-state index in [1.807, 2.05) is 25.1 Å². The Kier molecular flexibility index (Phi) is 7.59. The number of ether oxygens (including phenoxy) is 2. The van der Waals surface area contributed by atoms with Crippen LogP contribution in [0.1, 0.15) is 42.5 Å². The maximum atomic E-state index is 13.6. The lowest BCUT2D eigenvalue weighted by Gasteiger charge is -2.24. The fourth-order valence-corrected chi connectivity index (χ4v) is 5.75. The molecule has 0 spiro atoms. The lowest BCUT2D eigenvalue weighted by atomic mass is 9.95. The zero-order chi connectivity index (χ0) is 27.7. The number of Topliss-reactive ketones (excluding diaryl/α,β-unsaturated/α-hetero) is 1. The summed E-state index contributed by atoms with van der Waals surface area (Å²) in [5.41, 5.74) is 2.67. The highest BCUT2D eigenvalue weighted by molar-refractivity contribution is 7.22. The molecule has 1 atom stereocenters. The van der Waals surface area contributed by atoms with Gasteiger partial charge in [0.05, 0.1) is 35.5 Å². The second kappa shape index (κ2) is 11.1. The zero-order valence-corrected chi connectivity index (χ0v) is 23.3. The van der Waals surface area contributed by atoms with Crippen LogP contribution in [-0.4, -0.2) is 35.5 Å². The van der Waals surface area contributed by atoms with E-state index in [0.717, 1.165) is 28.6 Å². The van der Waals surface area contributed by atoms with Gasteiger partial charge in [-0.2, -0.15) is 0 Å². The number of carbonyl (C=O) groups is 2. The van der Waals surface area contributed by atoms with Gasteiger partial charge in [0.25, 0.3) is 5.78 Å². The Balaban J connectivity index is 1.68. The summed E-state index contributed by atoms with van der Waals surface area (Å²) in [6.45, 7) is 4.59. The van der Waals surface area contributed by atoms with Gasteiger partial charge in [0.2, 0.25) is 0 Å². The van der Waals surface area contributed by atoms with Crippen LogP contribution in [0.2, 0.25) is 5.02 Å². The van der Waals surface area contributed by atoms with E-state index in [-0.39, 0.29) is 11.3 Å². The Morgan fingerprint density at radius 1 is 1.08 bits per heavy atom. The molecule has 7 nitrogen and oxygen atoms in total. The van der Waals surface area contributed by atoms with Crippen LogP contribution >= 0.6 is 22.9 Å². The maximum Gasteiger partial charge on any atom is 0.301 e. The predicted octanol–water partition coefficient (Wildman–Crippen LogP) is 7.07. The number of methoxy groups -OCH3 is 1. The van der Waals surface area contributed by atoms with Gasteiger partial charge in [-0.15, -0.1) is 0 Å². The Morgan fingerprint density at radius 2 is 1.85 bits per heavy atom. The topological polar surface area (TPSA) is 89.0 Å². The van der Waals surface area contributed by atoms with Crippen LogP contribution in [0.3, 0.4) is 0 Å². The number of carbonyl (C=O) groups excluding carboxylic acids is 2. The van der Waals surface area contributed by atoms with Crippen molar-refractivity contribution >= 4 is 55.7 Å². The van der Waals surface area contributed by atoms with E-state index in [9.17, 15) is 14.7 Å². The first-order chi connectivity index (χ1) is 18.8. The van der Waals surface area contributed by atoms with E-state index in [1.54, 1.807) is 42.5 Å². The number of nitrogens with zero attached hydrogens (tertiary/aromatic N) is 2. The first kappa shape index (κ1) is 26.7. The number of amides is 1. The fraction of sp³-hybridized carbons (Fsp3) is 0.233. The minimum atomic E-state index is -0.944. The van der Waals surface area contributed by atoms with Gasteiger partial charge in [-0.05, 0) is 73.0 Å². The molecule has 2 heterocycles. The van der Waals surface area contributed by atoms with Gasteiger partial charge in [0.15, 0.2) is 16.6 Å². The van der Waals surface area contributed by atoms with Crippen LogP contribution in [-0.2, 0) is 9.59 Å². The van der Waals surface area contributed by atoms with Crippen molar-refractivity contribution in [1.82, 2.24) is 4.98 Å². The number of aliphatic hydroxyl groups excluding tert-OH is 1. The molecule has 3 aromatic carbocycles. The molecule has 1 amide bonds. The molecule has 1 saturated heterocycles. The summed E-state index contributed by atoms with van der Waals surface area (Å²) in [5, 5.41) is 12.2. The number of fused-ring (bicyclic) bond motifs is 1. The minimum absolute atomic E-state index is 0.0422. The molecule has 1 unspecified atom stereocenters. The van der Waals surface area contributed by atoms with Crippen LogP contribution < -0.4 is 14.4 Å². The number of hydrogen-bond donors (Lipinski definition) is 1. The van der Waals surface area contributed by atoms with E-state index in [1.165, 1.54) is 23.3 Å². The van der Waals surface area contributed by atoms with Crippen LogP contribution in [0.15, 0.2) is 66.2 Å². The predicted molar refractivity (Wildman–Crippen MR) is 154 cm³/mol. The van der Waals surface area contributed by atoms with Gasteiger partial charge in [-0.25, -0.2) is 4.98 Å². The van der Waals surface area contributed by atoms with Crippen molar-refractivity contribution in [1.29, 1.82) is 0 Å². The number of hydrogen-bond acceptors (Lipinski definition) is 7. The summed E-state index contributed by atoms with van der Waals surface area (Å²) in [7, 11) is 1.53. The molecule has 1 aliphatic heterocycles. The van der Waals surface area contributed by atoms with Crippen molar-refractivity contribution in [2.45, 2.75) is 32.7 Å². The lowest BCUT2D eigenvalue weighted by Crippen LogP contribution is -2.29. The quantitative estimate of drug-likeness (QED) is 0.107. The Morgan fingerprint density at radius 3 is 2.56 bits per heavy atom. The number of rotatable bonds is 8. The number of unbranched alkanes of at least 4 members (excludes halogenated alkanes) is 1. The average Bonchev–Trinajstić information content (AvgIpc) is 3.46. The second-order valence-corrected chi connectivity index (χ2v) is 10.7. The summed E-state index contributed by atoms with van der Waals surface area (Å²) in [5.74, 6) is -0.851. The molecule has 1 fully saturated rings. The number of benzene rings is 3. The second-order valence-electron chi connectivity index (χ2n) is 9.26. The van der Waals surface area contributed by atoms with Crippen molar-refractivity contribution in [3.8, 4) is 11.5 Å². The number of thiazole rings is 1. The summed E-state index contributed by atoms with van der Waals surface area (Å²) in [4.78, 5) is 33.1. The van der Waals surface area contributed by atoms with Crippen molar-refractivity contribution in [3.05, 3.63) is 87.9 Å². The number of anilines is 1. The molecule has 0 bridgehead atoms. The highest BCUT2D eigenvalue weighted by Gasteiger charge is 2.48. The molecule has 4 aromatic rings. The van der Waals surface area contributed by atoms with Crippen LogP contribution in [0.5, 0.6) is 11.5 Å². The molecular weight excluding hydrogens is 536 g/mol. The number of aromatic nitrogens is 1. The molecular formula is C30H27ClN2O5S. The molecule has 0 saturated carbocycles. The number of ketones is 1. The van der Waals surface area contributed by atoms with E-state index in [4.69, 9.17) is 21.1 Å². The third-order valence-electron chi connectivity index (χ3n) is 6.56. The molecule has 200 valence electrons. The lowest BCUT2D eigenvalue weighted by molar-refractivity contribution is -0.132. The van der Waals surface area contributed by atoms with E-state index in [0.29, 0.717) is 39.4 Å². The number of halogens is 1. The maximum absolute atomic E-state index is 13.6.